The second kappa shape index (κ2) is 7.95. The van der Waals surface area contributed by atoms with Crippen molar-refractivity contribution in [3.05, 3.63) is 34.5 Å². The van der Waals surface area contributed by atoms with Gasteiger partial charge in [-0.25, -0.2) is 4.39 Å². The predicted molar refractivity (Wildman–Crippen MR) is 106 cm³/mol. The fourth-order valence-electron chi connectivity index (χ4n) is 3.78. The molecule has 6 nitrogen and oxygen atoms in total. The molecule has 3 aliphatic rings. The number of likely N-dealkylation sites (tertiary alicyclic amines) is 1. The number of imide groups is 1. The molecule has 0 atom stereocenters. The van der Waals surface area contributed by atoms with Crippen molar-refractivity contribution >= 4 is 40.6 Å². The summed E-state index contributed by atoms with van der Waals surface area (Å²) in [5.41, 5.74) is 1.09. The molecule has 3 heterocycles. The van der Waals surface area contributed by atoms with Crippen molar-refractivity contribution in [2.45, 2.75) is 25.7 Å². The lowest BCUT2D eigenvalue weighted by Crippen LogP contribution is -2.40. The highest BCUT2D eigenvalue weighted by Gasteiger charge is 2.37. The van der Waals surface area contributed by atoms with E-state index in [9.17, 15) is 18.8 Å². The molecule has 0 N–H and O–H groups in total. The van der Waals surface area contributed by atoms with Crippen LogP contribution in [-0.4, -0.2) is 59.6 Å². The van der Waals surface area contributed by atoms with Gasteiger partial charge in [-0.3, -0.25) is 19.3 Å². The molecule has 28 heavy (non-hydrogen) atoms. The Balaban J connectivity index is 1.48. The van der Waals surface area contributed by atoms with Gasteiger partial charge in [0.2, 0.25) is 5.91 Å². The minimum absolute atomic E-state index is 0.145. The summed E-state index contributed by atoms with van der Waals surface area (Å²) < 4.78 is 14.5. The highest BCUT2D eigenvalue weighted by molar-refractivity contribution is 8.18. The van der Waals surface area contributed by atoms with Crippen LogP contribution in [0, 0.1) is 5.82 Å². The average molecular weight is 403 g/mol. The van der Waals surface area contributed by atoms with Gasteiger partial charge in [0.15, 0.2) is 0 Å². The Morgan fingerprint density at radius 2 is 1.75 bits per heavy atom. The number of anilines is 1. The molecule has 148 valence electrons. The second-order valence-corrected chi connectivity index (χ2v) is 8.25. The van der Waals surface area contributed by atoms with Crippen molar-refractivity contribution in [2.24, 2.45) is 0 Å². The highest BCUT2D eigenvalue weighted by Crippen LogP contribution is 2.33. The van der Waals surface area contributed by atoms with Crippen LogP contribution in [-0.2, 0) is 9.59 Å². The van der Waals surface area contributed by atoms with Crippen molar-refractivity contribution in [3.63, 3.8) is 0 Å². The zero-order chi connectivity index (χ0) is 19.7. The molecule has 3 fully saturated rings. The molecule has 3 saturated heterocycles. The Kier molecular flexibility index (Phi) is 5.39. The van der Waals surface area contributed by atoms with Crippen molar-refractivity contribution in [3.8, 4) is 0 Å². The molecule has 1 aromatic rings. The zero-order valence-corrected chi connectivity index (χ0v) is 16.3. The topological polar surface area (TPSA) is 60.9 Å². The maximum absolute atomic E-state index is 14.5. The molecule has 8 heteroatoms. The third-order valence-corrected chi connectivity index (χ3v) is 6.27. The lowest BCUT2D eigenvalue weighted by molar-refractivity contribution is -0.135. The molecule has 0 aliphatic carbocycles. The number of hydrogen-bond donors (Lipinski definition) is 0. The molecule has 0 bridgehead atoms. The molecular weight excluding hydrogens is 381 g/mol. The number of hydrogen-bond acceptors (Lipinski definition) is 5. The molecule has 0 spiro atoms. The van der Waals surface area contributed by atoms with Crippen LogP contribution in [0.2, 0.25) is 0 Å². The number of halogens is 1. The first kappa shape index (κ1) is 19.0. The van der Waals surface area contributed by atoms with Crippen molar-refractivity contribution < 1.29 is 18.8 Å². The molecule has 0 unspecified atom stereocenters. The smallest absolute Gasteiger partial charge is 0.294 e. The van der Waals surface area contributed by atoms with Crippen LogP contribution in [0.15, 0.2) is 23.1 Å². The Morgan fingerprint density at radius 1 is 1.07 bits per heavy atom. The Labute approximate surface area is 167 Å². The summed E-state index contributed by atoms with van der Waals surface area (Å²) >= 11 is 0.750. The molecule has 4 rings (SSSR count). The Morgan fingerprint density at radius 3 is 2.43 bits per heavy atom. The SMILES string of the molecule is O=C(CN1C(=O)SC(=Cc2ccc(N3CCCC3)cc2F)C1=O)N1CCCC1. The van der Waals surface area contributed by atoms with E-state index >= 15 is 0 Å². The number of benzene rings is 1. The van der Waals surface area contributed by atoms with Crippen LogP contribution in [0.4, 0.5) is 14.9 Å². The third-order valence-electron chi connectivity index (χ3n) is 5.37. The summed E-state index contributed by atoms with van der Waals surface area (Å²) in [7, 11) is 0. The number of carbonyl (C=O) groups excluding carboxylic acids is 3. The summed E-state index contributed by atoms with van der Waals surface area (Å²) in [6.45, 7) is 2.92. The van der Waals surface area contributed by atoms with Gasteiger partial charge >= 0.3 is 0 Å². The van der Waals surface area contributed by atoms with Gasteiger partial charge in [0.1, 0.15) is 12.4 Å². The summed E-state index contributed by atoms with van der Waals surface area (Å²) in [6, 6.07) is 4.94. The summed E-state index contributed by atoms with van der Waals surface area (Å²) in [6.07, 6.45) is 5.49. The summed E-state index contributed by atoms with van der Waals surface area (Å²) in [5.74, 6) is -1.18. The van der Waals surface area contributed by atoms with E-state index in [2.05, 4.69) is 4.90 Å². The van der Waals surface area contributed by atoms with E-state index in [1.165, 1.54) is 12.1 Å². The second-order valence-electron chi connectivity index (χ2n) is 7.26. The normalized spacial score (nSPS) is 21.5. The van der Waals surface area contributed by atoms with E-state index in [0.29, 0.717) is 13.1 Å². The van der Waals surface area contributed by atoms with E-state index < -0.39 is 17.0 Å². The van der Waals surface area contributed by atoms with E-state index in [1.54, 1.807) is 11.0 Å². The lowest BCUT2D eigenvalue weighted by Gasteiger charge is -2.18. The van der Waals surface area contributed by atoms with Gasteiger partial charge in [-0.2, -0.15) is 0 Å². The summed E-state index contributed by atoms with van der Waals surface area (Å²) in [4.78, 5) is 41.9. The maximum atomic E-state index is 14.5. The number of amides is 3. The van der Waals surface area contributed by atoms with Gasteiger partial charge in [-0.1, -0.05) is 0 Å². The van der Waals surface area contributed by atoms with Crippen LogP contribution in [0.1, 0.15) is 31.2 Å². The molecule has 0 aromatic heterocycles. The van der Waals surface area contributed by atoms with Gasteiger partial charge in [-0.15, -0.1) is 0 Å². The van der Waals surface area contributed by atoms with Crippen LogP contribution >= 0.6 is 11.8 Å². The fraction of sp³-hybridized carbons (Fsp3) is 0.450. The number of rotatable bonds is 4. The first-order valence-corrected chi connectivity index (χ1v) is 10.4. The standard InChI is InChI=1S/C20H22FN3O3S/c21-16-12-15(22-7-1-2-8-22)6-5-14(16)11-17-19(26)24(20(27)28-17)13-18(25)23-9-3-4-10-23/h5-6,11-12H,1-4,7-10,13H2. The van der Waals surface area contributed by atoms with Gasteiger partial charge in [0.05, 0.1) is 4.91 Å². The van der Waals surface area contributed by atoms with Gasteiger partial charge < -0.3 is 9.80 Å². The number of nitrogens with zero attached hydrogens (tertiary/aromatic N) is 3. The Hall–Kier alpha value is -2.35. The van der Waals surface area contributed by atoms with E-state index in [-0.39, 0.29) is 22.9 Å². The van der Waals surface area contributed by atoms with Crippen LogP contribution < -0.4 is 4.90 Å². The van der Waals surface area contributed by atoms with Gasteiger partial charge in [-0.05, 0) is 61.7 Å². The maximum Gasteiger partial charge on any atom is 0.294 e. The van der Waals surface area contributed by atoms with E-state index in [1.807, 2.05) is 6.07 Å². The number of thioether (sulfide) groups is 1. The molecular formula is C20H22FN3O3S. The van der Waals surface area contributed by atoms with Gasteiger partial charge in [0, 0.05) is 37.4 Å². The van der Waals surface area contributed by atoms with E-state index in [4.69, 9.17) is 0 Å². The Bertz CT molecular complexity index is 845. The number of carbonyl (C=O) groups is 3. The minimum Gasteiger partial charge on any atom is -0.371 e. The van der Waals surface area contributed by atoms with E-state index in [0.717, 1.165) is 61.1 Å². The zero-order valence-electron chi connectivity index (χ0n) is 15.5. The fourth-order valence-corrected chi connectivity index (χ4v) is 4.61. The largest absolute Gasteiger partial charge is 0.371 e. The monoisotopic (exact) mass is 403 g/mol. The van der Waals surface area contributed by atoms with Crippen molar-refractivity contribution in [2.75, 3.05) is 37.6 Å². The first-order valence-electron chi connectivity index (χ1n) is 9.60. The van der Waals surface area contributed by atoms with Crippen LogP contribution in [0.25, 0.3) is 6.08 Å². The third kappa shape index (κ3) is 3.78. The van der Waals surface area contributed by atoms with Crippen LogP contribution in [0.5, 0.6) is 0 Å². The quantitative estimate of drug-likeness (QED) is 0.723. The predicted octanol–water partition coefficient (Wildman–Crippen LogP) is 3.08. The molecule has 3 aliphatic heterocycles. The molecule has 0 radical (unpaired) electrons. The summed E-state index contributed by atoms with van der Waals surface area (Å²) in [5, 5.41) is -0.488. The lowest BCUT2D eigenvalue weighted by atomic mass is 10.1. The van der Waals surface area contributed by atoms with Crippen molar-refractivity contribution in [1.82, 2.24) is 9.80 Å². The van der Waals surface area contributed by atoms with Crippen molar-refractivity contribution in [1.29, 1.82) is 0 Å². The molecule has 0 saturated carbocycles. The minimum atomic E-state index is -0.537. The average Bonchev–Trinajstić information content (AvgIpc) is 3.42. The van der Waals surface area contributed by atoms with Gasteiger partial charge in [0.25, 0.3) is 11.1 Å². The highest BCUT2D eigenvalue weighted by atomic mass is 32.2. The van der Waals surface area contributed by atoms with Crippen LogP contribution in [0.3, 0.4) is 0 Å². The molecule has 1 aromatic carbocycles. The first-order chi connectivity index (χ1) is 13.5. The molecule has 3 amide bonds.